The summed E-state index contributed by atoms with van der Waals surface area (Å²) < 4.78 is 5.51. The van der Waals surface area contributed by atoms with Crippen LogP contribution in [0.4, 0.5) is 0 Å². The minimum absolute atomic E-state index is 0.398. The molecule has 7 heteroatoms. The summed E-state index contributed by atoms with van der Waals surface area (Å²) in [6, 6.07) is 4.09. The SMILES string of the molecule is Cc1nc(C(=NC=N)N2CCc3ncccc3C2)c(C2CCOCC2)[nH]1. The van der Waals surface area contributed by atoms with E-state index < -0.39 is 0 Å². The molecule has 2 aromatic heterocycles. The zero-order valence-electron chi connectivity index (χ0n) is 15.0. The van der Waals surface area contributed by atoms with Gasteiger partial charge in [-0.25, -0.2) is 9.98 Å². The predicted molar refractivity (Wildman–Crippen MR) is 99.8 cm³/mol. The molecule has 2 aliphatic rings. The molecule has 26 heavy (non-hydrogen) atoms. The van der Waals surface area contributed by atoms with Crippen LogP contribution in [-0.4, -0.2) is 51.8 Å². The highest BCUT2D eigenvalue weighted by molar-refractivity contribution is 6.01. The number of aliphatic imine (C=N–C) groups is 1. The van der Waals surface area contributed by atoms with Gasteiger partial charge in [-0.3, -0.25) is 10.4 Å². The number of H-pyrrole nitrogens is 1. The molecule has 0 spiro atoms. The van der Waals surface area contributed by atoms with Gasteiger partial charge in [0.05, 0.1) is 0 Å². The molecule has 4 rings (SSSR count). The van der Waals surface area contributed by atoms with Gasteiger partial charge < -0.3 is 14.6 Å². The molecule has 0 saturated carbocycles. The zero-order valence-corrected chi connectivity index (χ0v) is 15.0. The largest absolute Gasteiger partial charge is 0.381 e. The van der Waals surface area contributed by atoms with E-state index in [1.807, 2.05) is 19.2 Å². The summed E-state index contributed by atoms with van der Waals surface area (Å²) >= 11 is 0. The molecule has 1 fully saturated rings. The van der Waals surface area contributed by atoms with E-state index in [1.54, 1.807) is 0 Å². The van der Waals surface area contributed by atoms with Gasteiger partial charge in [-0.1, -0.05) is 6.07 Å². The number of ether oxygens (including phenoxy) is 1. The lowest BCUT2D eigenvalue weighted by atomic mass is 9.94. The summed E-state index contributed by atoms with van der Waals surface area (Å²) in [4.78, 5) is 19.3. The van der Waals surface area contributed by atoms with Gasteiger partial charge in [-0.05, 0) is 31.4 Å². The lowest BCUT2D eigenvalue weighted by Crippen LogP contribution is -2.38. The fourth-order valence-electron chi connectivity index (χ4n) is 3.86. The lowest BCUT2D eigenvalue weighted by molar-refractivity contribution is 0.0845. The van der Waals surface area contributed by atoms with Gasteiger partial charge in [0, 0.05) is 56.2 Å². The third-order valence-electron chi connectivity index (χ3n) is 5.14. The van der Waals surface area contributed by atoms with Gasteiger partial charge in [0.25, 0.3) is 0 Å². The summed E-state index contributed by atoms with van der Waals surface area (Å²) in [7, 11) is 0. The second-order valence-corrected chi connectivity index (χ2v) is 6.83. The molecule has 0 aromatic carbocycles. The van der Waals surface area contributed by atoms with Gasteiger partial charge in [0.15, 0.2) is 5.84 Å². The average molecular weight is 352 g/mol. The molecule has 0 aliphatic carbocycles. The first-order valence-corrected chi connectivity index (χ1v) is 9.15. The van der Waals surface area contributed by atoms with E-state index in [0.29, 0.717) is 5.92 Å². The standard InChI is InChI=1S/C19H24N6O/c1-13-23-17(14-5-9-26-10-6-14)18(24-13)19(22-12-20)25-8-4-16-15(11-25)3-2-7-21-16/h2-3,7,12,14,20H,4-6,8-11H2,1H3,(H,23,24). The second kappa shape index (κ2) is 7.37. The minimum Gasteiger partial charge on any atom is -0.381 e. The van der Waals surface area contributed by atoms with Crippen molar-refractivity contribution < 1.29 is 4.74 Å². The van der Waals surface area contributed by atoms with Gasteiger partial charge in [0.2, 0.25) is 0 Å². The van der Waals surface area contributed by atoms with Crippen molar-refractivity contribution in [3.63, 3.8) is 0 Å². The number of fused-ring (bicyclic) bond motifs is 1. The molecule has 4 heterocycles. The number of pyridine rings is 1. The summed E-state index contributed by atoms with van der Waals surface area (Å²) in [6.07, 6.45) is 5.81. The Labute approximate surface area is 153 Å². The van der Waals surface area contributed by atoms with Crippen molar-refractivity contribution in [1.82, 2.24) is 19.9 Å². The maximum atomic E-state index is 7.56. The fraction of sp³-hybridized carbons (Fsp3) is 0.474. The van der Waals surface area contributed by atoms with Crippen LogP contribution in [0.5, 0.6) is 0 Å². The molecule has 7 nitrogen and oxygen atoms in total. The van der Waals surface area contributed by atoms with E-state index in [2.05, 4.69) is 25.9 Å². The second-order valence-electron chi connectivity index (χ2n) is 6.83. The maximum absolute atomic E-state index is 7.56. The van der Waals surface area contributed by atoms with E-state index >= 15 is 0 Å². The van der Waals surface area contributed by atoms with Crippen molar-refractivity contribution in [2.24, 2.45) is 4.99 Å². The first-order chi connectivity index (χ1) is 12.8. The first-order valence-electron chi connectivity index (χ1n) is 9.15. The molecule has 2 aromatic rings. The van der Waals surface area contributed by atoms with E-state index in [-0.39, 0.29) is 0 Å². The summed E-state index contributed by atoms with van der Waals surface area (Å²) in [5, 5.41) is 7.56. The van der Waals surface area contributed by atoms with Crippen LogP contribution >= 0.6 is 0 Å². The van der Waals surface area contributed by atoms with Crippen molar-refractivity contribution in [2.75, 3.05) is 19.8 Å². The van der Waals surface area contributed by atoms with Crippen LogP contribution < -0.4 is 0 Å². The molecule has 2 aliphatic heterocycles. The highest BCUT2D eigenvalue weighted by Gasteiger charge is 2.28. The Bertz CT molecular complexity index is 821. The third-order valence-corrected chi connectivity index (χ3v) is 5.14. The van der Waals surface area contributed by atoms with Crippen LogP contribution in [0, 0.1) is 12.3 Å². The predicted octanol–water partition coefficient (Wildman–Crippen LogP) is 2.42. The fourth-order valence-corrected chi connectivity index (χ4v) is 3.86. The van der Waals surface area contributed by atoms with E-state index in [1.165, 1.54) is 5.56 Å². The number of rotatable bonds is 3. The average Bonchev–Trinajstić information content (AvgIpc) is 3.08. The smallest absolute Gasteiger partial charge is 0.158 e. The van der Waals surface area contributed by atoms with Crippen LogP contribution in [0.3, 0.4) is 0 Å². The monoisotopic (exact) mass is 352 g/mol. The Morgan fingerprint density at radius 1 is 1.42 bits per heavy atom. The first kappa shape index (κ1) is 16.9. The zero-order chi connectivity index (χ0) is 17.9. The number of nitrogens with zero attached hydrogens (tertiary/aromatic N) is 4. The number of hydrogen-bond donors (Lipinski definition) is 2. The van der Waals surface area contributed by atoms with Crippen molar-refractivity contribution in [1.29, 1.82) is 5.41 Å². The summed E-state index contributed by atoms with van der Waals surface area (Å²) in [6.45, 7) is 5.11. The van der Waals surface area contributed by atoms with Crippen LogP contribution in [-0.2, 0) is 17.7 Å². The van der Waals surface area contributed by atoms with Crippen molar-refractivity contribution in [3.05, 3.63) is 46.8 Å². The molecule has 0 unspecified atom stereocenters. The molecule has 2 N–H and O–H groups in total. The molecule has 136 valence electrons. The van der Waals surface area contributed by atoms with Gasteiger partial charge >= 0.3 is 0 Å². The lowest BCUT2D eigenvalue weighted by Gasteiger charge is -2.31. The number of aryl methyl sites for hydroxylation is 1. The van der Waals surface area contributed by atoms with Crippen LogP contribution in [0.25, 0.3) is 0 Å². The van der Waals surface area contributed by atoms with E-state index in [9.17, 15) is 0 Å². The van der Waals surface area contributed by atoms with Crippen LogP contribution in [0.2, 0.25) is 0 Å². The normalized spacial score (nSPS) is 18.7. The van der Waals surface area contributed by atoms with Gasteiger partial charge in [-0.15, -0.1) is 0 Å². The van der Waals surface area contributed by atoms with E-state index in [0.717, 1.165) is 80.6 Å². The topological polar surface area (TPSA) is 90.2 Å². The number of amidine groups is 1. The number of nitrogens with one attached hydrogen (secondary N) is 2. The van der Waals surface area contributed by atoms with Crippen molar-refractivity contribution in [3.8, 4) is 0 Å². The quantitative estimate of drug-likeness (QED) is 0.656. The Morgan fingerprint density at radius 2 is 2.27 bits per heavy atom. The molecule has 1 saturated heterocycles. The van der Waals surface area contributed by atoms with Crippen LogP contribution in [0.15, 0.2) is 23.3 Å². The number of aromatic nitrogens is 3. The molecule has 0 atom stereocenters. The van der Waals surface area contributed by atoms with Crippen molar-refractivity contribution in [2.45, 2.75) is 38.6 Å². The third kappa shape index (κ3) is 3.26. The Morgan fingerprint density at radius 3 is 3.08 bits per heavy atom. The van der Waals surface area contributed by atoms with Gasteiger partial charge in [0.1, 0.15) is 17.9 Å². The molecule has 0 bridgehead atoms. The minimum atomic E-state index is 0.398. The summed E-state index contributed by atoms with van der Waals surface area (Å²) in [5.41, 5.74) is 4.38. The number of hydrogen-bond acceptors (Lipinski definition) is 4. The molecular formula is C19H24N6O. The number of imidazole rings is 1. The number of aromatic amines is 1. The summed E-state index contributed by atoms with van der Waals surface area (Å²) in [5.74, 6) is 2.06. The van der Waals surface area contributed by atoms with Crippen LogP contribution in [0.1, 0.15) is 47.2 Å². The Hall–Kier alpha value is -2.54. The molecule has 0 amide bonds. The highest BCUT2D eigenvalue weighted by atomic mass is 16.5. The highest BCUT2D eigenvalue weighted by Crippen LogP contribution is 2.30. The molecule has 0 radical (unpaired) electrons. The van der Waals surface area contributed by atoms with Gasteiger partial charge in [-0.2, -0.15) is 0 Å². The molecular weight excluding hydrogens is 328 g/mol. The Balaban J connectivity index is 1.68. The van der Waals surface area contributed by atoms with E-state index in [4.69, 9.17) is 15.1 Å². The maximum Gasteiger partial charge on any atom is 0.158 e. The Kier molecular flexibility index (Phi) is 4.79. The van der Waals surface area contributed by atoms with Crippen molar-refractivity contribution >= 4 is 12.2 Å².